The molecule has 3 aromatic heterocycles. The number of nitrogens with one attached hydrogen (secondary N) is 1. The molecule has 2 fully saturated rings. The van der Waals surface area contributed by atoms with Crippen LogP contribution in [0.25, 0.3) is 5.52 Å². The highest BCUT2D eigenvalue weighted by atomic mass is 16.5. The van der Waals surface area contributed by atoms with Gasteiger partial charge in [-0.25, -0.2) is 4.52 Å². The van der Waals surface area contributed by atoms with Gasteiger partial charge in [0.2, 0.25) is 11.8 Å². The molecule has 6 rings (SSSR count). The molecule has 6 heterocycles. The Kier molecular flexibility index (Phi) is 3.97. The average Bonchev–Trinajstić information content (AvgIpc) is 3.54. The van der Waals surface area contributed by atoms with Crippen LogP contribution in [-0.4, -0.2) is 49.6 Å². The minimum atomic E-state index is -0.718. The lowest BCUT2D eigenvalue weighted by molar-refractivity contribution is -0.137. The van der Waals surface area contributed by atoms with Crippen LogP contribution in [0.1, 0.15) is 11.3 Å². The van der Waals surface area contributed by atoms with E-state index in [1.165, 1.54) is 0 Å². The number of hydrogen-bond donors (Lipinski definition) is 1. The van der Waals surface area contributed by atoms with Crippen molar-refractivity contribution in [3.63, 3.8) is 0 Å². The lowest BCUT2D eigenvalue weighted by Crippen LogP contribution is -2.43. The van der Waals surface area contributed by atoms with Gasteiger partial charge in [0.25, 0.3) is 0 Å². The molecule has 3 aliphatic heterocycles. The normalized spacial score (nSPS) is 28.5. The fourth-order valence-corrected chi connectivity index (χ4v) is 5.16. The minimum Gasteiger partial charge on any atom is -0.360 e. The molecular weight excluding hydrogens is 394 g/mol. The summed E-state index contributed by atoms with van der Waals surface area (Å²) in [6.07, 6.45) is 8.84. The number of carbonyl (C=O) groups is 2. The largest absolute Gasteiger partial charge is 0.360 e. The van der Waals surface area contributed by atoms with Gasteiger partial charge < -0.3 is 15.0 Å². The van der Waals surface area contributed by atoms with Gasteiger partial charge in [-0.1, -0.05) is 24.3 Å². The maximum Gasteiger partial charge on any atom is 0.230 e. The fourth-order valence-electron chi connectivity index (χ4n) is 5.16. The summed E-state index contributed by atoms with van der Waals surface area (Å²) < 4.78 is 7.97. The molecule has 0 aliphatic carbocycles. The molecule has 8 nitrogen and oxygen atoms in total. The van der Waals surface area contributed by atoms with E-state index in [1.54, 1.807) is 21.8 Å². The van der Waals surface area contributed by atoms with Crippen molar-refractivity contribution < 1.29 is 14.3 Å². The fraction of sp³-hybridized carbons (Fsp3) is 0.304. The Bertz CT molecular complexity index is 1210. The first-order valence-corrected chi connectivity index (χ1v) is 10.4. The summed E-state index contributed by atoms with van der Waals surface area (Å²) in [5.41, 5.74) is 2.02. The number of nitrogens with zero attached hydrogens (tertiary/aromatic N) is 4. The van der Waals surface area contributed by atoms with Crippen LogP contribution >= 0.6 is 0 Å². The second kappa shape index (κ2) is 6.75. The summed E-state index contributed by atoms with van der Waals surface area (Å²) in [5.74, 6) is -1.24. The standard InChI is InChI=1S/C23H21N5O3/c29-21(25-12-15-4-3-11-28-17(15)7-10-26-28)19-18-6-8-23(31-18)14-27(22(30)20(19)23)13-16-5-1-2-9-24-16/h1-11,18-20H,12-14H2,(H,25,29)/t18-,19+,20-,23-/m1/s1. The van der Waals surface area contributed by atoms with E-state index in [0.29, 0.717) is 19.6 Å². The Labute approximate surface area is 178 Å². The summed E-state index contributed by atoms with van der Waals surface area (Å²) in [4.78, 5) is 32.6. The lowest BCUT2D eigenvalue weighted by Gasteiger charge is -2.23. The Morgan fingerprint density at radius 2 is 2.16 bits per heavy atom. The molecule has 2 saturated heterocycles. The molecule has 156 valence electrons. The van der Waals surface area contributed by atoms with E-state index in [-0.39, 0.29) is 17.9 Å². The van der Waals surface area contributed by atoms with Gasteiger partial charge in [0.15, 0.2) is 0 Å². The van der Waals surface area contributed by atoms with E-state index in [1.807, 2.05) is 54.7 Å². The lowest BCUT2D eigenvalue weighted by atomic mass is 9.77. The molecule has 4 atom stereocenters. The van der Waals surface area contributed by atoms with E-state index in [4.69, 9.17) is 4.74 Å². The van der Waals surface area contributed by atoms with Crippen molar-refractivity contribution in [3.05, 3.63) is 78.4 Å². The van der Waals surface area contributed by atoms with Crippen molar-refractivity contribution in [2.24, 2.45) is 11.8 Å². The number of likely N-dealkylation sites (tertiary alicyclic amines) is 1. The molecule has 2 amide bonds. The third-order valence-electron chi connectivity index (χ3n) is 6.54. The average molecular weight is 415 g/mol. The molecule has 1 N–H and O–H groups in total. The number of hydrogen-bond acceptors (Lipinski definition) is 5. The van der Waals surface area contributed by atoms with Crippen molar-refractivity contribution in [1.29, 1.82) is 0 Å². The number of aromatic nitrogens is 3. The molecule has 8 heteroatoms. The topological polar surface area (TPSA) is 88.8 Å². The highest BCUT2D eigenvalue weighted by molar-refractivity contribution is 5.93. The van der Waals surface area contributed by atoms with E-state index >= 15 is 0 Å². The van der Waals surface area contributed by atoms with Gasteiger partial charge in [-0.3, -0.25) is 14.6 Å². The molecule has 3 aromatic rings. The number of amides is 2. The summed E-state index contributed by atoms with van der Waals surface area (Å²) >= 11 is 0. The maximum atomic E-state index is 13.3. The van der Waals surface area contributed by atoms with Gasteiger partial charge in [-0.05, 0) is 29.8 Å². The highest BCUT2D eigenvalue weighted by Crippen LogP contribution is 2.52. The van der Waals surface area contributed by atoms with Crippen LogP contribution < -0.4 is 5.32 Å². The first kappa shape index (κ1) is 18.3. The summed E-state index contributed by atoms with van der Waals surface area (Å²) in [5, 5.41) is 7.25. The van der Waals surface area contributed by atoms with E-state index < -0.39 is 17.4 Å². The molecule has 0 radical (unpaired) electrons. The third kappa shape index (κ3) is 2.79. The number of carbonyl (C=O) groups excluding carboxylic acids is 2. The van der Waals surface area contributed by atoms with Crippen molar-refractivity contribution in [2.45, 2.75) is 24.8 Å². The van der Waals surface area contributed by atoms with Crippen molar-refractivity contribution in [1.82, 2.24) is 24.8 Å². The zero-order valence-electron chi connectivity index (χ0n) is 16.7. The maximum absolute atomic E-state index is 13.3. The third-order valence-corrected chi connectivity index (χ3v) is 6.54. The quantitative estimate of drug-likeness (QED) is 0.635. The summed E-state index contributed by atoms with van der Waals surface area (Å²) in [6, 6.07) is 11.4. The van der Waals surface area contributed by atoms with Crippen molar-refractivity contribution in [2.75, 3.05) is 6.54 Å². The molecule has 0 saturated carbocycles. The number of fused-ring (bicyclic) bond motifs is 2. The van der Waals surface area contributed by atoms with Crippen LogP contribution in [0, 0.1) is 11.8 Å². The van der Waals surface area contributed by atoms with Gasteiger partial charge >= 0.3 is 0 Å². The molecule has 31 heavy (non-hydrogen) atoms. The van der Waals surface area contributed by atoms with Crippen LogP contribution in [-0.2, 0) is 27.4 Å². The second-order valence-electron chi connectivity index (χ2n) is 8.33. The van der Waals surface area contributed by atoms with Gasteiger partial charge in [0.1, 0.15) is 5.60 Å². The van der Waals surface area contributed by atoms with Crippen LogP contribution in [0.4, 0.5) is 0 Å². The van der Waals surface area contributed by atoms with Gasteiger partial charge in [-0.15, -0.1) is 0 Å². The van der Waals surface area contributed by atoms with Crippen LogP contribution in [0.2, 0.25) is 0 Å². The molecular formula is C23H21N5O3. The van der Waals surface area contributed by atoms with Crippen LogP contribution in [0.15, 0.2) is 67.1 Å². The first-order valence-electron chi connectivity index (χ1n) is 10.4. The van der Waals surface area contributed by atoms with Crippen molar-refractivity contribution >= 4 is 17.3 Å². The number of rotatable bonds is 5. The number of ether oxygens (including phenoxy) is 1. The number of pyridine rings is 2. The zero-order chi connectivity index (χ0) is 21.0. The Balaban J connectivity index is 1.21. The van der Waals surface area contributed by atoms with Crippen LogP contribution in [0.5, 0.6) is 0 Å². The van der Waals surface area contributed by atoms with E-state index in [9.17, 15) is 9.59 Å². The van der Waals surface area contributed by atoms with Gasteiger partial charge in [0.05, 0.1) is 42.2 Å². The van der Waals surface area contributed by atoms with Gasteiger partial charge in [0, 0.05) is 25.1 Å². The molecule has 3 aliphatic rings. The SMILES string of the molecule is O=C(NCc1cccn2nccc12)[C@H]1[C@H]2C=C[C@]3(CN(Cc4ccccn4)C(=O)[C@@H]13)O2. The zero-order valence-corrected chi connectivity index (χ0v) is 16.7. The predicted octanol–water partition coefficient (Wildman–Crippen LogP) is 1.33. The molecule has 0 aromatic carbocycles. The summed E-state index contributed by atoms with van der Waals surface area (Å²) in [7, 11) is 0. The van der Waals surface area contributed by atoms with E-state index in [0.717, 1.165) is 16.8 Å². The minimum absolute atomic E-state index is 0.0458. The first-order chi connectivity index (χ1) is 15.1. The van der Waals surface area contributed by atoms with Crippen molar-refractivity contribution in [3.8, 4) is 0 Å². The Morgan fingerprint density at radius 3 is 3.03 bits per heavy atom. The summed E-state index contributed by atoms with van der Waals surface area (Å²) in [6.45, 7) is 1.23. The Morgan fingerprint density at radius 1 is 1.23 bits per heavy atom. The monoisotopic (exact) mass is 415 g/mol. The van der Waals surface area contributed by atoms with Crippen LogP contribution in [0.3, 0.4) is 0 Å². The van der Waals surface area contributed by atoms with Gasteiger partial charge in [-0.2, -0.15) is 5.10 Å². The predicted molar refractivity (Wildman–Crippen MR) is 110 cm³/mol. The molecule has 1 spiro atoms. The second-order valence-corrected chi connectivity index (χ2v) is 8.33. The molecule has 2 bridgehead atoms. The Hall–Kier alpha value is -3.52. The van der Waals surface area contributed by atoms with E-state index in [2.05, 4.69) is 15.4 Å². The highest BCUT2D eigenvalue weighted by Gasteiger charge is 2.66. The smallest absolute Gasteiger partial charge is 0.230 e. The molecule has 0 unspecified atom stereocenters.